The van der Waals surface area contributed by atoms with Crippen LogP contribution in [0.4, 0.5) is 0 Å². The summed E-state index contributed by atoms with van der Waals surface area (Å²) in [5, 5.41) is 12.0. The molecule has 2 atom stereocenters. The molecule has 22 heavy (non-hydrogen) atoms. The summed E-state index contributed by atoms with van der Waals surface area (Å²) in [6.45, 7) is 5.74. The van der Waals surface area contributed by atoms with Gasteiger partial charge in [0, 0.05) is 26.2 Å². The van der Waals surface area contributed by atoms with Gasteiger partial charge in [0.2, 0.25) is 5.91 Å². The SMILES string of the molecule is CC(CCO)CNC(=O)C1CCCN(Cc2ccccc2)C1. The molecule has 2 rings (SSSR count). The highest BCUT2D eigenvalue weighted by atomic mass is 16.3. The van der Waals surface area contributed by atoms with Crippen LogP contribution in [0, 0.1) is 11.8 Å². The molecule has 0 bridgehead atoms. The van der Waals surface area contributed by atoms with Gasteiger partial charge in [0.15, 0.2) is 0 Å². The molecule has 4 heteroatoms. The number of hydrogen-bond donors (Lipinski definition) is 2. The maximum Gasteiger partial charge on any atom is 0.224 e. The molecular weight excluding hydrogens is 276 g/mol. The Morgan fingerprint density at radius 1 is 1.41 bits per heavy atom. The summed E-state index contributed by atoms with van der Waals surface area (Å²) in [5.74, 6) is 0.597. The van der Waals surface area contributed by atoms with Gasteiger partial charge in [-0.25, -0.2) is 0 Å². The number of aliphatic hydroxyl groups excluding tert-OH is 1. The van der Waals surface area contributed by atoms with Gasteiger partial charge in [0.05, 0.1) is 5.92 Å². The fraction of sp³-hybridized carbons (Fsp3) is 0.611. The average molecular weight is 304 g/mol. The highest BCUT2D eigenvalue weighted by Gasteiger charge is 2.25. The molecule has 2 unspecified atom stereocenters. The van der Waals surface area contributed by atoms with Gasteiger partial charge in [-0.3, -0.25) is 9.69 Å². The largest absolute Gasteiger partial charge is 0.396 e. The van der Waals surface area contributed by atoms with Crippen molar-refractivity contribution in [3.05, 3.63) is 35.9 Å². The lowest BCUT2D eigenvalue weighted by atomic mass is 9.96. The van der Waals surface area contributed by atoms with E-state index >= 15 is 0 Å². The first kappa shape index (κ1) is 17.0. The second-order valence-electron chi connectivity index (χ2n) is 6.42. The number of aliphatic hydroxyl groups is 1. The van der Waals surface area contributed by atoms with Crippen LogP contribution < -0.4 is 5.32 Å². The van der Waals surface area contributed by atoms with Crippen LogP contribution in [-0.4, -0.2) is 42.2 Å². The number of amides is 1. The standard InChI is InChI=1S/C18H28N2O2/c1-15(9-11-21)12-19-18(22)17-8-5-10-20(14-17)13-16-6-3-2-4-7-16/h2-4,6-7,15,17,21H,5,8-14H2,1H3,(H,19,22). The minimum atomic E-state index is 0.0961. The number of hydrogen-bond acceptors (Lipinski definition) is 3. The fourth-order valence-corrected chi connectivity index (χ4v) is 3.00. The summed E-state index contributed by atoms with van der Waals surface area (Å²) < 4.78 is 0. The van der Waals surface area contributed by atoms with Crippen molar-refractivity contribution < 1.29 is 9.90 Å². The van der Waals surface area contributed by atoms with Gasteiger partial charge in [-0.05, 0) is 37.3 Å². The summed E-state index contributed by atoms with van der Waals surface area (Å²) in [6.07, 6.45) is 2.80. The number of piperidine rings is 1. The number of rotatable bonds is 7. The molecular formula is C18H28N2O2. The van der Waals surface area contributed by atoms with E-state index in [2.05, 4.69) is 41.4 Å². The van der Waals surface area contributed by atoms with Crippen molar-refractivity contribution in [1.29, 1.82) is 0 Å². The molecule has 0 spiro atoms. The quantitative estimate of drug-likeness (QED) is 0.810. The smallest absolute Gasteiger partial charge is 0.224 e. The molecule has 1 aliphatic heterocycles. The minimum absolute atomic E-state index is 0.0961. The van der Waals surface area contributed by atoms with E-state index in [1.165, 1.54) is 5.56 Å². The van der Waals surface area contributed by atoms with E-state index in [1.807, 2.05) is 6.07 Å². The van der Waals surface area contributed by atoms with Crippen LogP contribution in [0.2, 0.25) is 0 Å². The van der Waals surface area contributed by atoms with Crippen molar-refractivity contribution in [2.45, 2.75) is 32.7 Å². The van der Waals surface area contributed by atoms with Crippen LogP contribution in [0.3, 0.4) is 0 Å². The lowest BCUT2D eigenvalue weighted by Gasteiger charge is -2.32. The second kappa shape index (κ2) is 8.91. The Labute approximate surface area is 133 Å². The average Bonchev–Trinajstić information content (AvgIpc) is 2.54. The van der Waals surface area contributed by atoms with Gasteiger partial charge in [-0.2, -0.15) is 0 Å². The molecule has 2 N–H and O–H groups in total. The third-order valence-electron chi connectivity index (χ3n) is 4.37. The predicted molar refractivity (Wildman–Crippen MR) is 88.3 cm³/mol. The van der Waals surface area contributed by atoms with Gasteiger partial charge in [0.1, 0.15) is 0 Å². The third-order valence-corrected chi connectivity index (χ3v) is 4.37. The molecule has 1 saturated heterocycles. The van der Waals surface area contributed by atoms with E-state index < -0.39 is 0 Å². The highest BCUT2D eigenvalue weighted by Crippen LogP contribution is 2.19. The fourth-order valence-electron chi connectivity index (χ4n) is 3.00. The molecule has 0 saturated carbocycles. The zero-order valence-electron chi connectivity index (χ0n) is 13.5. The Hall–Kier alpha value is -1.39. The molecule has 1 fully saturated rings. The number of benzene rings is 1. The van der Waals surface area contributed by atoms with Crippen molar-refractivity contribution >= 4 is 5.91 Å². The summed E-state index contributed by atoms with van der Waals surface area (Å²) in [4.78, 5) is 14.7. The molecule has 0 radical (unpaired) electrons. The Morgan fingerprint density at radius 2 is 2.18 bits per heavy atom. The van der Waals surface area contributed by atoms with Gasteiger partial charge >= 0.3 is 0 Å². The molecule has 122 valence electrons. The number of nitrogens with one attached hydrogen (secondary N) is 1. The van der Waals surface area contributed by atoms with Crippen LogP contribution in [0.25, 0.3) is 0 Å². The number of likely N-dealkylation sites (tertiary alicyclic amines) is 1. The summed E-state index contributed by atoms with van der Waals surface area (Å²) in [5.41, 5.74) is 1.31. The summed E-state index contributed by atoms with van der Waals surface area (Å²) >= 11 is 0. The molecule has 1 amide bonds. The molecule has 1 aromatic carbocycles. The molecule has 4 nitrogen and oxygen atoms in total. The summed E-state index contributed by atoms with van der Waals surface area (Å²) in [7, 11) is 0. The van der Waals surface area contributed by atoms with Crippen molar-refractivity contribution in [2.24, 2.45) is 11.8 Å². The lowest BCUT2D eigenvalue weighted by Crippen LogP contribution is -2.43. The first-order chi connectivity index (χ1) is 10.7. The van der Waals surface area contributed by atoms with Crippen LogP contribution in [0.5, 0.6) is 0 Å². The maximum absolute atomic E-state index is 12.3. The highest BCUT2D eigenvalue weighted by molar-refractivity contribution is 5.78. The normalized spacial score (nSPS) is 20.5. The van der Waals surface area contributed by atoms with Gasteiger partial charge in [-0.15, -0.1) is 0 Å². The Kier molecular flexibility index (Phi) is 6.87. The van der Waals surface area contributed by atoms with Crippen molar-refractivity contribution in [3.8, 4) is 0 Å². The second-order valence-corrected chi connectivity index (χ2v) is 6.42. The number of nitrogens with zero attached hydrogens (tertiary/aromatic N) is 1. The number of carbonyl (C=O) groups is 1. The Bertz CT molecular complexity index is 450. The Balaban J connectivity index is 1.78. The minimum Gasteiger partial charge on any atom is -0.396 e. The van der Waals surface area contributed by atoms with Crippen LogP contribution in [-0.2, 0) is 11.3 Å². The van der Waals surface area contributed by atoms with Crippen molar-refractivity contribution in [3.63, 3.8) is 0 Å². The molecule has 1 aliphatic rings. The van der Waals surface area contributed by atoms with E-state index in [4.69, 9.17) is 5.11 Å². The van der Waals surface area contributed by atoms with E-state index in [1.54, 1.807) is 0 Å². The van der Waals surface area contributed by atoms with Crippen molar-refractivity contribution in [2.75, 3.05) is 26.2 Å². The van der Waals surface area contributed by atoms with Gasteiger partial charge in [-0.1, -0.05) is 37.3 Å². The topological polar surface area (TPSA) is 52.6 Å². The summed E-state index contributed by atoms with van der Waals surface area (Å²) in [6, 6.07) is 10.4. The van der Waals surface area contributed by atoms with E-state index in [0.29, 0.717) is 12.5 Å². The first-order valence-corrected chi connectivity index (χ1v) is 8.34. The van der Waals surface area contributed by atoms with Gasteiger partial charge < -0.3 is 10.4 Å². The maximum atomic E-state index is 12.3. The molecule has 0 aromatic heterocycles. The monoisotopic (exact) mass is 304 g/mol. The van der Waals surface area contributed by atoms with E-state index in [0.717, 1.165) is 38.9 Å². The Morgan fingerprint density at radius 3 is 2.91 bits per heavy atom. The molecule has 1 heterocycles. The molecule has 0 aliphatic carbocycles. The number of carbonyl (C=O) groups excluding carboxylic acids is 1. The van der Waals surface area contributed by atoms with E-state index in [9.17, 15) is 4.79 Å². The van der Waals surface area contributed by atoms with Crippen molar-refractivity contribution in [1.82, 2.24) is 10.2 Å². The van der Waals surface area contributed by atoms with Crippen LogP contribution in [0.1, 0.15) is 31.7 Å². The van der Waals surface area contributed by atoms with Crippen LogP contribution in [0.15, 0.2) is 30.3 Å². The van der Waals surface area contributed by atoms with E-state index in [-0.39, 0.29) is 18.4 Å². The van der Waals surface area contributed by atoms with Gasteiger partial charge in [0.25, 0.3) is 0 Å². The van der Waals surface area contributed by atoms with Crippen LogP contribution >= 0.6 is 0 Å². The predicted octanol–water partition coefficient (Wildman–Crippen LogP) is 2.03. The zero-order chi connectivity index (χ0) is 15.8. The third kappa shape index (κ3) is 5.43. The lowest BCUT2D eigenvalue weighted by molar-refractivity contribution is -0.127. The zero-order valence-corrected chi connectivity index (χ0v) is 13.5. The molecule has 1 aromatic rings. The first-order valence-electron chi connectivity index (χ1n) is 8.34.